The van der Waals surface area contributed by atoms with Crippen molar-refractivity contribution in [3.8, 4) is 0 Å². The Hall–Kier alpha value is -1.95. The van der Waals surface area contributed by atoms with Crippen LogP contribution in [0, 0.1) is 10.1 Å². The molecular weight excluding hydrogens is 246 g/mol. The highest BCUT2D eigenvalue weighted by atomic mass is 16.6. The number of nitrogens with zero attached hydrogens (tertiary/aromatic N) is 2. The Labute approximate surface area is 111 Å². The Morgan fingerprint density at radius 3 is 2.47 bits per heavy atom. The van der Waals surface area contributed by atoms with Gasteiger partial charge in [-0.3, -0.25) is 15.5 Å². The van der Waals surface area contributed by atoms with E-state index in [0.29, 0.717) is 6.10 Å². The molecule has 6 heteroatoms. The summed E-state index contributed by atoms with van der Waals surface area (Å²) >= 11 is 0. The summed E-state index contributed by atoms with van der Waals surface area (Å²) in [6.45, 7) is 0. The van der Waals surface area contributed by atoms with Gasteiger partial charge in [-0.25, -0.2) is 0 Å². The third-order valence-corrected chi connectivity index (χ3v) is 3.26. The number of anilines is 1. The van der Waals surface area contributed by atoms with Crippen LogP contribution in [0.4, 0.5) is 11.4 Å². The van der Waals surface area contributed by atoms with Gasteiger partial charge in [0.2, 0.25) is 0 Å². The van der Waals surface area contributed by atoms with Crippen LogP contribution in [0.2, 0.25) is 0 Å². The molecule has 1 aliphatic carbocycles. The fourth-order valence-corrected chi connectivity index (χ4v) is 2.07. The van der Waals surface area contributed by atoms with Crippen LogP contribution in [-0.2, 0) is 4.74 Å². The Bertz CT molecular complexity index is 461. The summed E-state index contributed by atoms with van der Waals surface area (Å²) < 4.78 is 5.30. The fourth-order valence-electron chi connectivity index (χ4n) is 2.07. The molecular formula is C13H17N3O3. The van der Waals surface area contributed by atoms with Gasteiger partial charge >= 0.3 is 0 Å². The molecule has 0 aromatic heterocycles. The summed E-state index contributed by atoms with van der Waals surface area (Å²) in [6.07, 6.45) is 4.20. The quantitative estimate of drug-likeness (QED) is 0.669. The second kappa shape index (κ2) is 6.29. The standard InChI is InChI=1S/C13H17N3O3/c1-19-13-8-4-11(5-9-13)15-14-10-2-6-12(7-3-10)16(17)18/h2-3,6-7,13-14H,4-5,8-9H2,1H3. The molecule has 102 valence electrons. The Balaban J connectivity index is 1.90. The van der Waals surface area contributed by atoms with Crippen LogP contribution >= 0.6 is 0 Å². The van der Waals surface area contributed by atoms with E-state index in [9.17, 15) is 10.1 Å². The molecule has 1 aromatic rings. The lowest BCUT2D eigenvalue weighted by molar-refractivity contribution is -0.384. The van der Waals surface area contributed by atoms with E-state index in [1.54, 1.807) is 19.2 Å². The number of non-ortho nitro benzene ring substituents is 1. The van der Waals surface area contributed by atoms with Gasteiger partial charge < -0.3 is 4.74 Å². The second-order valence-corrected chi connectivity index (χ2v) is 4.53. The number of benzene rings is 1. The maximum Gasteiger partial charge on any atom is 0.269 e. The highest BCUT2D eigenvalue weighted by Gasteiger charge is 2.16. The van der Waals surface area contributed by atoms with E-state index < -0.39 is 4.92 Å². The zero-order valence-corrected chi connectivity index (χ0v) is 10.8. The molecule has 2 rings (SSSR count). The average molecular weight is 263 g/mol. The zero-order chi connectivity index (χ0) is 13.7. The lowest BCUT2D eigenvalue weighted by atomic mass is 9.96. The number of hydrazone groups is 1. The smallest absolute Gasteiger partial charge is 0.269 e. The predicted molar refractivity (Wildman–Crippen MR) is 73.4 cm³/mol. The van der Waals surface area contributed by atoms with E-state index in [1.807, 2.05) is 0 Å². The van der Waals surface area contributed by atoms with Crippen molar-refractivity contribution in [2.24, 2.45) is 5.10 Å². The van der Waals surface area contributed by atoms with E-state index in [-0.39, 0.29) is 5.69 Å². The first-order valence-corrected chi connectivity index (χ1v) is 6.27. The van der Waals surface area contributed by atoms with Gasteiger partial charge in [-0.1, -0.05) is 0 Å². The molecule has 1 aliphatic rings. The number of nitro groups is 1. The van der Waals surface area contributed by atoms with Crippen LogP contribution in [0.3, 0.4) is 0 Å². The van der Waals surface area contributed by atoms with Crippen molar-refractivity contribution in [3.63, 3.8) is 0 Å². The first-order valence-electron chi connectivity index (χ1n) is 6.27. The minimum atomic E-state index is -0.415. The average Bonchev–Trinajstić information content (AvgIpc) is 2.46. The summed E-state index contributed by atoms with van der Waals surface area (Å²) in [5, 5.41) is 14.9. The largest absolute Gasteiger partial charge is 0.381 e. The number of nitrogens with one attached hydrogen (secondary N) is 1. The van der Waals surface area contributed by atoms with Crippen molar-refractivity contribution in [2.75, 3.05) is 12.5 Å². The molecule has 0 aliphatic heterocycles. The van der Waals surface area contributed by atoms with E-state index in [4.69, 9.17) is 4.74 Å². The highest BCUT2D eigenvalue weighted by molar-refractivity contribution is 5.85. The predicted octanol–water partition coefficient (Wildman–Crippen LogP) is 2.95. The van der Waals surface area contributed by atoms with E-state index >= 15 is 0 Å². The summed E-state index contributed by atoms with van der Waals surface area (Å²) in [6, 6.07) is 6.24. The van der Waals surface area contributed by atoms with E-state index in [0.717, 1.165) is 37.1 Å². The molecule has 1 fully saturated rings. The van der Waals surface area contributed by atoms with E-state index in [2.05, 4.69) is 10.5 Å². The molecule has 0 atom stereocenters. The monoisotopic (exact) mass is 263 g/mol. The Morgan fingerprint density at radius 1 is 1.32 bits per heavy atom. The van der Waals surface area contributed by atoms with Gasteiger partial charge in [0.15, 0.2) is 0 Å². The number of methoxy groups -OCH3 is 1. The lowest BCUT2D eigenvalue weighted by Crippen LogP contribution is -2.20. The topological polar surface area (TPSA) is 76.8 Å². The van der Waals surface area contributed by atoms with Gasteiger partial charge in [0.1, 0.15) is 0 Å². The third-order valence-electron chi connectivity index (χ3n) is 3.26. The van der Waals surface area contributed by atoms with Crippen LogP contribution in [0.25, 0.3) is 0 Å². The maximum absolute atomic E-state index is 10.5. The summed E-state index contributed by atoms with van der Waals surface area (Å²) in [5.74, 6) is 0. The molecule has 0 unspecified atom stereocenters. The molecule has 0 heterocycles. The van der Waals surface area contributed by atoms with Crippen LogP contribution in [-0.4, -0.2) is 23.8 Å². The molecule has 0 bridgehead atoms. The molecule has 0 saturated heterocycles. The molecule has 1 N–H and O–H groups in total. The normalized spacial score (nSPS) is 19.0. The summed E-state index contributed by atoms with van der Waals surface area (Å²) in [7, 11) is 1.74. The number of nitro benzene ring substituents is 1. The Kier molecular flexibility index (Phi) is 4.46. The van der Waals surface area contributed by atoms with Crippen molar-refractivity contribution < 1.29 is 9.66 Å². The minimum absolute atomic E-state index is 0.0822. The van der Waals surface area contributed by atoms with Crippen LogP contribution in [0.15, 0.2) is 29.4 Å². The van der Waals surface area contributed by atoms with Gasteiger partial charge in [0, 0.05) is 25.0 Å². The van der Waals surface area contributed by atoms with Crippen molar-refractivity contribution in [2.45, 2.75) is 31.8 Å². The number of ether oxygens (including phenoxy) is 1. The third kappa shape index (κ3) is 3.75. The number of rotatable bonds is 4. The number of hydrogen-bond donors (Lipinski definition) is 1. The van der Waals surface area contributed by atoms with Gasteiger partial charge in [-0.05, 0) is 37.8 Å². The maximum atomic E-state index is 10.5. The molecule has 1 aromatic carbocycles. The van der Waals surface area contributed by atoms with Gasteiger partial charge in [0.25, 0.3) is 5.69 Å². The molecule has 6 nitrogen and oxygen atoms in total. The van der Waals surface area contributed by atoms with Crippen LogP contribution in [0.1, 0.15) is 25.7 Å². The van der Waals surface area contributed by atoms with Crippen molar-refractivity contribution >= 4 is 17.1 Å². The molecule has 1 saturated carbocycles. The molecule has 0 radical (unpaired) electrons. The van der Waals surface area contributed by atoms with Gasteiger partial charge in [0.05, 0.1) is 16.7 Å². The molecule has 19 heavy (non-hydrogen) atoms. The van der Waals surface area contributed by atoms with Gasteiger partial charge in [-0.15, -0.1) is 0 Å². The van der Waals surface area contributed by atoms with Gasteiger partial charge in [-0.2, -0.15) is 5.10 Å². The molecule has 0 spiro atoms. The Morgan fingerprint density at radius 2 is 1.95 bits per heavy atom. The van der Waals surface area contributed by atoms with Crippen LogP contribution < -0.4 is 5.43 Å². The van der Waals surface area contributed by atoms with E-state index in [1.165, 1.54) is 12.1 Å². The highest BCUT2D eigenvalue weighted by Crippen LogP contribution is 2.19. The number of hydrogen-bond acceptors (Lipinski definition) is 5. The molecule has 0 amide bonds. The first kappa shape index (κ1) is 13.5. The minimum Gasteiger partial charge on any atom is -0.381 e. The van der Waals surface area contributed by atoms with Crippen molar-refractivity contribution in [3.05, 3.63) is 34.4 Å². The van der Waals surface area contributed by atoms with Crippen molar-refractivity contribution in [1.29, 1.82) is 0 Å². The zero-order valence-electron chi connectivity index (χ0n) is 10.8. The SMILES string of the molecule is COC1CCC(=NNc2ccc([N+](=O)[O-])cc2)CC1. The lowest BCUT2D eigenvalue weighted by Gasteiger charge is -2.21. The first-order chi connectivity index (χ1) is 9.19. The fraction of sp³-hybridized carbons (Fsp3) is 0.462. The van der Waals surface area contributed by atoms with Crippen molar-refractivity contribution in [1.82, 2.24) is 0 Å². The summed E-state index contributed by atoms with van der Waals surface area (Å²) in [4.78, 5) is 10.1. The van der Waals surface area contributed by atoms with Crippen LogP contribution in [0.5, 0.6) is 0 Å². The summed E-state index contributed by atoms with van der Waals surface area (Å²) in [5.41, 5.74) is 4.89. The second-order valence-electron chi connectivity index (χ2n) is 4.53.